The SMILES string of the molecule is CCN(c1c(C=O)c(C)nn1C)C1CCCCC1. The molecule has 0 amide bonds. The lowest BCUT2D eigenvalue weighted by Crippen LogP contribution is -2.38. The summed E-state index contributed by atoms with van der Waals surface area (Å²) in [6.45, 7) is 5.00. The molecule has 0 N–H and O–H groups in total. The first-order chi connectivity index (χ1) is 8.69. The lowest BCUT2D eigenvalue weighted by molar-refractivity contribution is 0.112. The topological polar surface area (TPSA) is 38.1 Å². The summed E-state index contributed by atoms with van der Waals surface area (Å²) in [5.41, 5.74) is 1.58. The highest BCUT2D eigenvalue weighted by Crippen LogP contribution is 2.29. The minimum atomic E-state index is 0.567. The van der Waals surface area contributed by atoms with E-state index in [1.807, 2.05) is 18.7 Å². The van der Waals surface area contributed by atoms with E-state index in [0.29, 0.717) is 6.04 Å². The van der Waals surface area contributed by atoms with Gasteiger partial charge >= 0.3 is 0 Å². The van der Waals surface area contributed by atoms with Gasteiger partial charge in [0.25, 0.3) is 0 Å². The quantitative estimate of drug-likeness (QED) is 0.770. The average molecular weight is 249 g/mol. The van der Waals surface area contributed by atoms with Crippen molar-refractivity contribution in [2.24, 2.45) is 7.05 Å². The second-order valence-electron chi connectivity index (χ2n) is 5.14. The summed E-state index contributed by atoms with van der Waals surface area (Å²) in [5, 5.41) is 4.39. The van der Waals surface area contributed by atoms with Crippen LogP contribution in [0.5, 0.6) is 0 Å². The highest BCUT2D eigenvalue weighted by atomic mass is 16.1. The molecule has 0 spiro atoms. The molecule has 1 fully saturated rings. The fraction of sp³-hybridized carbons (Fsp3) is 0.714. The molecule has 0 aromatic carbocycles. The summed E-state index contributed by atoms with van der Waals surface area (Å²) in [4.78, 5) is 13.6. The van der Waals surface area contributed by atoms with Crippen LogP contribution in [0.25, 0.3) is 0 Å². The van der Waals surface area contributed by atoms with Gasteiger partial charge < -0.3 is 4.90 Å². The maximum Gasteiger partial charge on any atom is 0.155 e. The van der Waals surface area contributed by atoms with Gasteiger partial charge in [-0.2, -0.15) is 5.10 Å². The number of aromatic nitrogens is 2. The van der Waals surface area contributed by atoms with Gasteiger partial charge in [-0.1, -0.05) is 19.3 Å². The number of hydrogen-bond acceptors (Lipinski definition) is 3. The zero-order valence-corrected chi connectivity index (χ0v) is 11.6. The first-order valence-corrected chi connectivity index (χ1v) is 6.94. The molecule has 4 nitrogen and oxygen atoms in total. The molecule has 0 unspecified atom stereocenters. The van der Waals surface area contributed by atoms with Crippen LogP contribution < -0.4 is 4.90 Å². The van der Waals surface area contributed by atoms with Crippen molar-refractivity contribution in [3.63, 3.8) is 0 Å². The summed E-state index contributed by atoms with van der Waals surface area (Å²) in [5.74, 6) is 0.997. The number of anilines is 1. The van der Waals surface area contributed by atoms with Gasteiger partial charge in [-0.05, 0) is 26.7 Å². The summed E-state index contributed by atoms with van der Waals surface area (Å²) in [6, 6.07) is 0.567. The third-order valence-corrected chi connectivity index (χ3v) is 3.98. The highest BCUT2D eigenvalue weighted by molar-refractivity contribution is 5.84. The fourth-order valence-corrected chi connectivity index (χ4v) is 3.11. The molecular weight excluding hydrogens is 226 g/mol. The molecule has 4 heteroatoms. The van der Waals surface area contributed by atoms with Crippen LogP contribution in [0, 0.1) is 6.92 Å². The molecule has 0 bridgehead atoms. The standard InChI is InChI=1S/C14H23N3O/c1-4-17(12-8-6-5-7-9-12)14-13(10-18)11(2)15-16(14)3/h10,12H,4-9H2,1-3H3. The minimum absolute atomic E-state index is 0.567. The van der Waals surface area contributed by atoms with Crippen LogP contribution in [0.4, 0.5) is 5.82 Å². The molecule has 1 aromatic rings. The Bertz CT molecular complexity index is 419. The highest BCUT2D eigenvalue weighted by Gasteiger charge is 2.25. The van der Waals surface area contributed by atoms with Crippen LogP contribution in [-0.2, 0) is 7.05 Å². The third-order valence-electron chi connectivity index (χ3n) is 3.98. The summed E-state index contributed by atoms with van der Waals surface area (Å²) >= 11 is 0. The number of carbonyl (C=O) groups is 1. The van der Waals surface area contributed by atoms with Crippen molar-refractivity contribution < 1.29 is 4.79 Å². The smallest absolute Gasteiger partial charge is 0.155 e. The van der Waals surface area contributed by atoms with Crippen LogP contribution in [0.2, 0.25) is 0 Å². The van der Waals surface area contributed by atoms with Crippen molar-refractivity contribution in [2.45, 2.75) is 52.0 Å². The van der Waals surface area contributed by atoms with Gasteiger partial charge in [-0.15, -0.1) is 0 Å². The fourth-order valence-electron chi connectivity index (χ4n) is 3.11. The Labute approximate surface area is 109 Å². The Hall–Kier alpha value is -1.32. The van der Waals surface area contributed by atoms with E-state index in [0.717, 1.165) is 29.9 Å². The first-order valence-electron chi connectivity index (χ1n) is 6.94. The molecule has 1 saturated carbocycles. The molecule has 100 valence electrons. The van der Waals surface area contributed by atoms with Crippen molar-refractivity contribution in [1.29, 1.82) is 0 Å². The van der Waals surface area contributed by atoms with E-state index >= 15 is 0 Å². The van der Waals surface area contributed by atoms with Crippen molar-refractivity contribution >= 4 is 12.1 Å². The summed E-state index contributed by atoms with van der Waals surface area (Å²) in [7, 11) is 1.93. The number of carbonyl (C=O) groups excluding carboxylic acids is 1. The molecular formula is C14H23N3O. The molecule has 18 heavy (non-hydrogen) atoms. The Morgan fingerprint density at radius 1 is 1.39 bits per heavy atom. The van der Waals surface area contributed by atoms with E-state index in [4.69, 9.17) is 0 Å². The number of aryl methyl sites for hydroxylation is 2. The van der Waals surface area contributed by atoms with Gasteiger partial charge in [-0.25, -0.2) is 0 Å². The van der Waals surface area contributed by atoms with E-state index in [-0.39, 0.29) is 0 Å². The molecule has 1 aliphatic carbocycles. The number of hydrogen-bond donors (Lipinski definition) is 0. The van der Waals surface area contributed by atoms with Gasteiger partial charge in [0.2, 0.25) is 0 Å². The Kier molecular flexibility index (Phi) is 4.04. The van der Waals surface area contributed by atoms with E-state index < -0.39 is 0 Å². The van der Waals surface area contributed by atoms with E-state index in [2.05, 4.69) is 16.9 Å². The van der Waals surface area contributed by atoms with Crippen LogP contribution in [0.1, 0.15) is 55.1 Å². The lowest BCUT2D eigenvalue weighted by Gasteiger charge is -2.35. The zero-order valence-electron chi connectivity index (χ0n) is 11.6. The normalized spacial score (nSPS) is 16.8. The van der Waals surface area contributed by atoms with E-state index in [9.17, 15) is 4.79 Å². The van der Waals surface area contributed by atoms with Crippen LogP contribution in [0.3, 0.4) is 0 Å². The minimum Gasteiger partial charge on any atom is -0.354 e. The lowest BCUT2D eigenvalue weighted by atomic mass is 9.94. The largest absolute Gasteiger partial charge is 0.354 e. The van der Waals surface area contributed by atoms with E-state index in [1.165, 1.54) is 32.1 Å². The zero-order chi connectivity index (χ0) is 13.1. The Balaban J connectivity index is 2.34. The summed E-state index contributed by atoms with van der Waals surface area (Å²) in [6.07, 6.45) is 7.36. The van der Waals surface area contributed by atoms with Crippen LogP contribution >= 0.6 is 0 Å². The van der Waals surface area contributed by atoms with Crippen LogP contribution in [-0.4, -0.2) is 28.7 Å². The molecule has 1 aromatic heterocycles. The average Bonchev–Trinajstić information content (AvgIpc) is 2.66. The predicted molar refractivity (Wildman–Crippen MR) is 73.2 cm³/mol. The molecule has 0 saturated heterocycles. The molecule has 2 rings (SSSR count). The molecule has 0 aliphatic heterocycles. The predicted octanol–water partition coefficient (Wildman–Crippen LogP) is 2.70. The molecule has 0 atom stereocenters. The first kappa shape index (κ1) is 13.1. The van der Waals surface area contributed by atoms with Crippen molar-refractivity contribution in [3.05, 3.63) is 11.3 Å². The van der Waals surface area contributed by atoms with Crippen molar-refractivity contribution in [1.82, 2.24) is 9.78 Å². The third kappa shape index (κ3) is 2.28. The van der Waals surface area contributed by atoms with Crippen molar-refractivity contribution in [3.8, 4) is 0 Å². The van der Waals surface area contributed by atoms with Crippen LogP contribution in [0.15, 0.2) is 0 Å². The van der Waals surface area contributed by atoms with Gasteiger partial charge in [0.1, 0.15) is 5.82 Å². The van der Waals surface area contributed by atoms with Gasteiger partial charge in [0, 0.05) is 19.6 Å². The number of nitrogens with zero attached hydrogens (tertiary/aromatic N) is 3. The van der Waals surface area contributed by atoms with Gasteiger partial charge in [0.15, 0.2) is 6.29 Å². The Morgan fingerprint density at radius 2 is 2.06 bits per heavy atom. The van der Waals surface area contributed by atoms with Crippen molar-refractivity contribution in [2.75, 3.05) is 11.4 Å². The molecule has 1 heterocycles. The maximum atomic E-state index is 11.3. The molecule has 1 aliphatic rings. The summed E-state index contributed by atoms with van der Waals surface area (Å²) < 4.78 is 1.86. The second kappa shape index (κ2) is 5.55. The maximum absolute atomic E-state index is 11.3. The molecule has 0 radical (unpaired) electrons. The van der Waals surface area contributed by atoms with E-state index in [1.54, 1.807) is 0 Å². The Morgan fingerprint density at radius 3 is 2.61 bits per heavy atom. The number of aldehydes is 1. The monoisotopic (exact) mass is 249 g/mol. The number of rotatable bonds is 4. The van der Waals surface area contributed by atoms with Gasteiger partial charge in [0.05, 0.1) is 11.3 Å². The van der Waals surface area contributed by atoms with Gasteiger partial charge in [-0.3, -0.25) is 9.48 Å². The second-order valence-corrected chi connectivity index (χ2v) is 5.14.